The Morgan fingerprint density at radius 2 is 1.72 bits per heavy atom. The molecule has 1 nitrogen and oxygen atoms in total. The Kier molecular flexibility index (Phi) is 4.39. The third-order valence-electron chi connectivity index (χ3n) is 2.64. The van der Waals surface area contributed by atoms with Crippen molar-refractivity contribution in [2.45, 2.75) is 5.38 Å². The SMILES string of the molecule is COc1ccccc1C(Cl)c1cc(Cl)ccc1Cl. The molecule has 0 aliphatic rings. The van der Waals surface area contributed by atoms with Crippen molar-refractivity contribution in [2.24, 2.45) is 0 Å². The molecule has 0 saturated carbocycles. The van der Waals surface area contributed by atoms with E-state index in [1.54, 1.807) is 25.3 Å². The zero-order chi connectivity index (χ0) is 13.1. The quantitative estimate of drug-likeness (QED) is 0.696. The molecule has 0 N–H and O–H groups in total. The molecule has 0 radical (unpaired) electrons. The molecule has 4 heteroatoms. The van der Waals surface area contributed by atoms with E-state index in [9.17, 15) is 0 Å². The molecule has 2 rings (SSSR count). The zero-order valence-corrected chi connectivity index (χ0v) is 11.9. The molecular formula is C14H11Cl3O. The van der Waals surface area contributed by atoms with Gasteiger partial charge in [0.1, 0.15) is 5.75 Å². The van der Waals surface area contributed by atoms with Crippen LogP contribution < -0.4 is 4.74 Å². The van der Waals surface area contributed by atoms with Gasteiger partial charge in [0.2, 0.25) is 0 Å². The minimum absolute atomic E-state index is 0.396. The summed E-state index contributed by atoms with van der Waals surface area (Å²) in [5.41, 5.74) is 1.64. The molecule has 1 unspecified atom stereocenters. The van der Waals surface area contributed by atoms with Gasteiger partial charge in [-0.3, -0.25) is 0 Å². The maximum atomic E-state index is 6.47. The normalized spacial score (nSPS) is 12.2. The molecule has 18 heavy (non-hydrogen) atoms. The number of hydrogen-bond donors (Lipinski definition) is 0. The van der Waals surface area contributed by atoms with Gasteiger partial charge in [0, 0.05) is 15.6 Å². The average Bonchev–Trinajstić information content (AvgIpc) is 2.40. The molecule has 0 aromatic heterocycles. The predicted molar refractivity (Wildman–Crippen MR) is 77.2 cm³/mol. The lowest BCUT2D eigenvalue weighted by atomic mass is 10.0. The summed E-state index contributed by atoms with van der Waals surface area (Å²) in [6, 6.07) is 12.8. The van der Waals surface area contributed by atoms with E-state index in [0.717, 1.165) is 16.9 Å². The number of para-hydroxylation sites is 1. The summed E-state index contributed by atoms with van der Waals surface area (Å²) in [5.74, 6) is 0.730. The number of methoxy groups -OCH3 is 1. The van der Waals surface area contributed by atoms with Crippen LogP contribution in [0.1, 0.15) is 16.5 Å². The van der Waals surface area contributed by atoms with E-state index >= 15 is 0 Å². The van der Waals surface area contributed by atoms with Gasteiger partial charge in [-0.25, -0.2) is 0 Å². The van der Waals surface area contributed by atoms with Crippen LogP contribution in [0.2, 0.25) is 10.0 Å². The van der Waals surface area contributed by atoms with Gasteiger partial charge < -0.3 is 4.74 Å². The fourth-order valence-electron chi connectivity index (χ4n) is 1.75. The Balaban J connectivity index is 2.47. The molecule has 94 valence electrons. The third-order valence-corrected chi connectivity index (χ3v) is 3.69. The molecule has 0 aliphatic heterocycles. The second-order valence-corrected chi connectivity index (χ2v) is 5.05. The van der Waals surface area contributed by atoms with Crippen molar-refractivity contribution in [3.8, 4) is 5.75 Å². The molecule has 0 amide bonds. The summed E-state index contributed by atoms with van der Waals surface area (Å²) in [5, 5.41) is 0.799. The first kappa shape index (κ1) is 13.5. The number of halogens is 3. The third kappa shape index (κ3) is 2.74. The molecule has 2 aromatic rings. The monoisotopic (exact) mass is 300 g/mol. The van der Waals surface area contributed by atoms with E-state index < -0.39 is 5.38 Å². The largest absolute Gasteiger partial charge is 0.496 e. The van der Waals surface area contributed by atoms with E-state index in [4.69, 9.17) is 39.5 Å². The average molecular weight is 302 g/mol. The lowest BCUT2D eigenvalue weighted by Crippen LogP contribution is -1.98. The van der Waals surface area contributed by atoms with Crippen molar-refractivity contribution in [3.63, 3.8) is 0 Å². The number of alkyl halides is 1. The van der Waals surface area contributed by atoms with Gasteiger partial charge in [-0.05, 0) is 29.8 Å². The Hall–Kier alpha value is -0.890. The van der Waals surface area contributed by atoms with Crippen molar-refractivity contribution in [2.75, 3.05) is 7.11 Å². The van der Waals surface area contributed by atoms with Crippen LogP contribution in [-0.2, 0) is 0 Å². The molecule has 0 saturated heterocycles. The van der Waals surface area contributed by atoms with Crippen LogP contribution in [0.5, 0.6) is 5.75 Å². The van der Waals surface area contributed by atoms with E-state index in [1.165, 1.54) is 0 Å². The van der Waals surface area contributed by atoms with Crippen molar-refractivity contribution in [1.82, 2.24) is 0 Å². The van der Waals surface area contributed by atoms with Crippen molar-refractivity contribution < 1.29 is 4.74 Å². The van der Waals surface area contributed by atoms with E-state index in [0.29, 0.717) is 10.0 Å². The lowest BCUT2D eigenvalue weighted by Gasteiger charge is -2.15. The van der Waals surface area contributed by atoms with Crippen molar-refractivity contribution in [1.29, 1.82) is 0 Å². The second-order valence-electron chi connectivity index (χ2n) is 3.77. The van der Waals surface area contributed by atoms with Crippen LogP contribution in [0.4, 0.5) is 0 Å². The van der Waals surface area contributed by atoms with Crippen LogP contribution >= 0.6 is 34.8 Å². The standard InChI is InChI=1S/C14H11Cl3O/c1-18-13-5-3-2-4-10(13)14(17)11-8-9(15)6-7-12(11)16/h2-8,14H,1H3. The van der Waals surface area contributed by atoms with Crippen LogP contribution in [0.15, 0.2) is 42.5 Å². The second kappa shape index (κ2) is 5.83. The molecule has 0 fully saturated rings. The smallest absolute Gasteiger partial charge is 0.123 e. The van der Waals surface area contributed by atoms with E-state index in [-0.39, 0.29) is 0 Å². The van der Waals surface area contributed by atoms with Crippen LogP contribution in [0.25, 0.3) is 0 Å². The van der Waals surface area contributed by atoms with E-state index in [1.807, 2.05) is 24.3 Å². The first-order valence-electron chi connectivity index (χ1n) is 5.35. The highest BCUT2D eigenvalue weighted by molar-refractivity contribution is 6.35. The summed E-state index contributed by atoms with van der Waals surface area (Å²) in [4.78, 5) is 0. The maximum Gasteiger partial charge on any atom is 0.123 e. The molecule has 1 atom stereocenters. The maximum absolute atomic E-state index is 6.47. The van der Waals surface area contributed by atoms with Crippen molar-refractivity contribution >= 4 is 34.8 Å². The Bertz CT molecular complexity index is 554. The summed E-state index contributed by atoms with van der Waals surface area (Å²) >= 11 is 18.6. The number of rotatable bonds is 3. The number of hydrogen-bond acceptors (Lipinski definition) is 1. The molecule has 2 aromatic carbocycles. The topological polar surface area (TPSA) is 9.23 Å². The summed E-state index contributed by atoms with van der Waals surface area (Å²) in [6.07, 6.45) is 0. The number of ether oxygens (including phenoxy) is 1. The highest BCUT2D eigenvalue weighted by Gasteiger charge is 2.18. The van der Waals surface area contributed by atoms with Gasteiger partial charge in [-0.2, -0.15) is 0 Å². The first-order valence-corrected chi connectivity index (χ1v) is 6.54. The molecule has 0 spiro atoms. The number of benzene rings is 2. The first-order chi connectivity index (χ1) is 8.63. The Labute approximate surface area is 121 Å². The molecule has 0 bridgehead atoms. The molecule has 0 heterocycles. The van der Waals surface area contributed by atoms with Gasteiger partial charge in [-0.1, -0.05) is 41.4 Å². The Morgan fingerprint density at radius 1 is 1.00 bits per heavy atom. The Morgan fingerprint density at radius 3 is 2.44 bits per heavy atom. The van der Waals surface area contributed by atoms with Crippen molar-refractivity contribution in [3.05, 3.63) is 63.6 Å². The zero-order valence-electron chi connectivity index (χ0n) is 9.66. The van der Waals surface area contributed by atoms with Gasteiger partial charge in [0.15, 0.2) is 0 Å². The molecular weight excluding hydrogens is 291 g/mol. The minimum Gasteiger partial charge on any atom is -0.496 e. The van der Waals surface area contributed by atoms with Gasteiger partial charge in [-0.15, -0.1) is 11.6 Å². The summed E-state index contributed by atoms with van der Waals surface area (Å²) < 4.78 is 5.30. The minimum atomic E-state index is -0.396. The van der Waals surface area contributed by atoms with Gasteiger partial charge in [0.05, 0.1) is 12.5 Å². The van der Waals surface area contributed by atoms with Crippen LogP contribution in [0, 0.1) is 0 Å². The van der Waals surface area contributed by atoms with Gasteiger partial charge in [0.25, 0.3) is 0 Å². The van der Waals surface area contributed by atoms with Gasteiger partial charge >= 0.3 is 0 Å². The fourth-order valence-corrected chi connectivity index (χ4v) is 2.58. The predicted octanol–water partition coefficient (Wildman–Crippen LogP) is 5.33. The summed E-state index contributed by atoms with van der Waals surface area (Å²) in [6.45, 7) is 0. The highest BCUT2D eigenvalue weighted by Crippen LogP contribution is 2.38. The van der Waals surface area contributed by atoms with Crippen LogP contribution in [-0.4, -0.2) is 7.11 Å². The van der Waals surface area contributed by atoms with E-state index in [2.05, 4.69) is 0 Å². The fraction of sp³-hybridized carbons (Fsp3) is 0.143. The summed E-state index contributed by atoms with van der Waals surface area (Å²) in [7, 11) is 1.61. The van der Waals surface area contributed by atoms with Crippen LogP contribution in [0.3, 0.4) is 0 Å². The molecule has 0 aliphatic carbocycles. The lowest BCUT2D eigenvalue weighted by molar-refractivity contribution is 0.410. The highest BCUT2D eigenvalue weighted by atomic mass is 35.5.